The zero-order chi connectivity index (χ0) is 21.9. The van der Waals surface area contributed by atoms with Gasteiger partial charge in [0.15, 0.2) is 0 Å². The molecule has 0 radical (unpaired) electrons. The Morgan fingerprint density at radius 2 is 1.62 bits per heavy atom. The van der Waals surface area contributed by atoms with Crippen molar-refractivity contribution in [3.8, 4) is 0 Å². The Labute approximate surface area is 192 Å². The van der Waals surface area contributed by atoms with Gasteiger partial charge in [-0.1, -0.05) is 48.0 Å². The van der Waals surface area contributed by atoms with Gasteiger partial charge < -0.3 is 0 Å². The Kier molecular flexibility index (Phi) is 6.02. The van der Waals surface area contributed by atoms with Crippen molar-refractivity contribution in [3.05, 3.63) is 105 Å². The Bertz CT molecular complexity index is 1260. The third kappa shape index (κ3) is 4.45. The Morgan fingerprint density at radius 3 is 2.34 bits per heavy atom. The highest BCUT2D eigenvalue weighted by molar-refractivity contribution is 6.30. The van der Waals surface area contributed by atoms with Gasteiger partial charge in [-0.05, 0) is 48.7 Å². The molecular formula is C26H25ClN4O. The highest BCUT2D eigenvalue weighted by atomic mass is 35.5. The average Bonchev–Trinajstić information content (AvgIpc) is 2.84. The maximum absolute atomic E-state index is 13.3. The zero-order valence-electron chi connectivity index (χ0n) is 17.8. The van der Waals surface area contributed by atoms with Crippen LogP contribution in [0.25, 0.3) is 10.8 Å². The van der Waals surface area contributed by atoms with Crippen molar-refractivity contribution in [2.75, 3.05) is 13.1 Å². The summed E-state index contributed by atoms with van der Waals surface area (Å²) in [6.45, 7) is 2.69. The SMILES string of the molecule is O=c1c2ccccc2c(Cc2ccc(Cl)cc2)nn1C1CCN(Cc2ccccn2)CC1. The molecule has 1 aliphatic rings. The highest BCUT2D eigenvalue weighted by Gasteiger charge is 2.24. The first-order valence-corrected chi connectivity index (χ1v) is 11.4. The molecule has 5 rings (SSSR count). The predicted octanol–water partition coefficient (Wildman–Crippen LogP) is 4.87. The topological polar surface area (TPSA) is 51.0 Å². The summed E-state index contributed by atoms with van der Waals surface area (Å²) in [5.41, 5.74) is 3.14. The van der Waals surface area contributed by atoms with Crippen molar-refractivity contribution in [1.82, 2.24) is 19.7 Å². The van der Waals surface area contributed by atoms with Crippen molar-refractivity contribution in [3.63, 3.8) is 0 Å². The Hall–Kier alpha value is -3.02. The first-order valence-electron chi connectivity index (χ1n) is 11.0. The minimum atomic E-state index is 0.00336. The van der Waals surface area contributed by atoms with Crippen LogP contribution in [0, 0.1) is 0 Å². The molecule has 1 fully saturated rings. The molecule has 162 valence electrons. The molecule has 0 amide bonds. The average molecular weight is 445 g/mol. The molecule has 1 saturated heterocycles. The summed E-state index contributed by atoms with van der Waals surface area (Å²) in [6, 6.07) is 21.8. The van der Waals surface area contributed by atoms with Gasteiger partial charge in [-0.15, -0.1) is 0 Å². The maximum Gasteiger partial charge on any atom is 0.274 e. The lowest BCUT2D eigenvalue weighted by atomic mass is 10.0. The molecule has 3 heterocycles. The number of pyridine rings is 1. The molecule has 0 spiro atoms. The summed E-state index contributed by atoms with van der Waals surface area (Å²) in [5.74, 6) is 0. The number of hydrogen-bond donors (Lipinski definition) is 0. The summed E-state index contributed by atoms with van der Waals surface area (Å²) in [4.78, 5) is 20.1. The Balaban J connectivity index is 1.41. The number of benzene rings is 2. The summed E-state index contributed by atoms with van der Waals surface area (Å²) in [7, 11) is 0. The largest absolute Gasteiger partial charge is 0.297 e. The second-order valence-corrected chi connectivity index (χ2v) is 8.81. The maximum atomic E-state index is 13.3. The number of likely N-dealkylation sites (tertiary alicyclic amines) is 1. The molecule has 0 aliphatic carbocycles. The minimum Gasteiger partial charge on any atom is -0.297 e. The van der Waals surface area contributed by atoms with Crippen LogP contribution in [0.3, 0.4) is 0 Å². The molecule has 0 bridgehead atoms. The van der Waals surface area contributed by atoms with Crippen LogP contribution in [-0.2, 0) is 13.0 Å². The second-order valence-electron chi connectivity index (χ2n) is 8.37. The third-order valence-electron chi connectivity index (χ3n) is 6.20. The first kappa shape index (κ1) is 20.9. The predicted molar refractivity (Wildman–Crippen MR) is 128 cm³/mol. The van der Waals surface area contributed by atoms with E-state index in [9.17, 15) is 4.79 Å². The molecule has 6 heteroatoms. The number of fused-ring (bicyclic) bond motifs is 1. The Morgan fingerprint density at radius 1 is 0.906 bits per heavy atom. The van der Waals surface area contributed by atoms with Crippen molar-refractivity contribution in [2.45, 2.75) is 31.8 Å². The van der Waals surface area contributed by atoms with E-state index in [1.54, 1.807) is 4.68 Å². The zero-order valence-corrected chi connectivity index (χ0v) is 18.6. The monoisotopic (exact) mass is 444 g/mol. The lowest BCUT2D eigenvalue weighted by Gasteiger charge is -2.32. The van der Waals surface area contributed by atoms with Gasteiger partial charge in [0.25, 0.3) is 5.56 Å². The molecule has 0 saturated carbocycles. The van der Waals surface area contributed by atoms with Gasteiger partial charge in [-0.3, -0.25) is 14.7 Å². The standard InChI is InChI=1S/C26H25ClN4O/c27-20-10-8-19(9-11-20)17-25-23-6-1-2-7-24(23)26(32)31(29-25)22-12-15-30(16-13-22)18-21-5-3-4-14-28-21/h1-11,14,22H,12-13,15-18H2. The molecule has 1 aliphatic heterocycles. The second kappa shape index (κ2) is 9.23. The van der Waals surface area contributed by atoms with Crippen LogP contribution in [0.2, 0.25) is 5.02 Å². The smallest absolute Gasteiger partial charge is 0.274 e. The fourth-order valence-electron chi connectivity index (χ4n) is 4.49. The summed E-state index contributed by atoms with van der Waals surface area (Å²) in [5, 5.41) is 7.27. The van der Waals surface area contributed by atoms with E-state index in [1.165, 1.54) is 0 Å². The number of piperidine rings is 1. The van der Waals surface area contributed by atoms with Crippen LogP contribution in [0.1, 0.15) is 35.8 Å². The van der Waals surface area contributed by atoms with Crippen molar-refractivity contribution in [1.29, 1.82) is 0 Å². The van der Waals surface area contributed by atoms with Gasteiger partial charge >= 0.3 is 0 Å². The van der Waals surface area contributed by atoms with Crippen molar-refractivity contribution >= 4 is 22.4 Å². The van der Waals surface area contributed by atoms with Gasteiger partial charge in [-0.25, -0.2) is 4.68 Å². The molecule has 5 nitrogen and oxygen atoms in total. The van der Waals surface area contributed by atoms with Gasteiger partial charge in [0.05, 0.1) is 22.8 Å². The quantitative estimate of drug-likeness (QED) is 0.440. The van der Waals surface area contributed by atoms with E-state index in [0.29, 0.717) is 11.4 Å². The number of rotatable bonds is 5. The normalized spacial score (nSPS) is 15.3. The lowest BCUT2D eigenvalue weighted by Crippen LogP contribution is -2.38. The van der Waals surface area contributed by atoms with Crippen molar-refractivity contribution < 1.29 is 0 Å². The van der Waals surface area contributed by atoms with Crippen molar-refractivity contribution in [2.24, 2.45) is 0 Å². The van der Waals surface area contributed by atoms with Crippen LogP contribution >= 0.6 is 11.6 Å². The number of halogens is 1. The molecule has 0 unspecified atom stereocenters. The van der Waals surface area contributed by atoms with E-state index in [4.69, 9.17) is 16.7 Å². The third-order valence-corrected chi connectivity index (χ3v) is 6.46. The number of hydrogen-bond acceptors (Lipinski definition) is 4. The van der Waals surface area contributed by atoms with Crippen LogP contribution in [0.5, 0.6) is 0 Å². The fourth-order valence-corrected chi connectivity index (χ4v) is 4.62. The fraction of sp³-hybridized carbons (Fsp3) is 0.269. The van der Waals surface area contributed by atoms with E-state index in [1.807, 2.05) is 66.9 Å². The summed E-state index contributed by atoms with van der Waals surface area (Å²) in [6.07, 6.45) is 4.30. The van der Waals surface area contributed by atoms with Gasteiger partial charge in [-0.2, -0.15) is 5.10 Å². The van der Waals surface area contributed by atoms with Crippen LogP contribution in [0.15, 0.2) is 77.7 Å². The van der Waals surface area contributed by atoms with Crippen LogP contribution in [0.4, 0.5) is 0 Å². The first-order chi connectivity index (χ1) is 15.7. The van der Waals surface area contributed by atoms with Gasteiger partial charge in [0, 0.05) is 42.7 Å². The van der Waals surface area contributed by atoms with Crippen LogP contribution in [-0.4, -0.2) is 32.8 Å². The van der Waals surface area contributed by atoms with E-state index >= 15 is 0 Å². The van der Waals surface area contributed by atoms with E-state index < -0.39 is 0 Å². The van der Waals surface area contributed by atoms with Gasteiger partial charge in [0.2, 0.25) is 0 Å². The number of nitrogens with zero attached hydrogens (tertiary/aromatic N) is 4. The van der Waals surface area contributed by atoms with Gasteiger partial charge in [0.1, 0.15) is 0 Å². The molecule has 32 heavy (non-hydrogen) atoms. The molecule has 0 atom stereocenters. The molecule has 2 aromatic heterocycles. The molecule has 2 aromatic carbocycles. The summed E-state index contributed by atoms with van der Waals surface area (Å²) >= 11 is 6.05. The van der Waals surface area contributed by atoms with E-state index in [2.05, 4.69) is 16.0 Å². The minimum absolute atomic E-state index is 0.00336. The summed E-state index contributed by atoms with van der Waals surface area (Å²) < 4.78 is 1.74. The van der Waals surface area contributed by atoms with E-state index in [-0.39, 0.29) is 11.6 Å². The molecule has 0 N–H and O–H groups in total. The number of aromatic nitrogens is 3. The molecule has 4 aromatic rings. The van der Waals surface area contributed by atoms with E-state index in [0.717, 1.165) is 60.2 Å². The lowest BCUT2D eigenvalue weighted by molar-refractivity contribution is 0.169. The van der Waals surface area contributed by atoms with Crippen LogP contribution < -0.4 is 5.56 Å². The highest BCUT2D eigenvalue weighted by Crippen LogP contribution is 2.24. The molecular weight excluding hydrogens is 420 g/mol.